The number of ether oxygens (including phenoxy) is 1. The zero-order valence-corrected chi connectivity index (χ0v) is 9.55. The number of rotatable bonds is 4. The fourth-order valence-corrected chi connectivity index (χ4v) is 2.03. The van der Waals surface area contributed by atoms with Crippen molar-refractivity contribution in [2.75, 3.05) is 13.7 Å². The first-order valence-electron chi connectivity index (χ1n) is 5.53. The average Bonchev–Trinajstić information content (AvgIpc) is 3.02. The van der Waals surface area contributed by atoms with Crippen molar-refractivity contribution in [1.29, 1.82) is 0 Å². The van der Waals surface area contributed by atoms with Gasteiger partial charge in [0.05, 0.1) is 7.11 Å². The summed E-state index contributed by atoms with van der Waals surface area (Å²) in [4.78, 5) is 0. The first-order chi connectivity index (χ1) is 7.19. The lowest BCUT2D eigenvalue weighted by Gasteiger charge is -2.14. The van der Waals surface area contributed by atoms with Gasteiger partial charge in [-0.15, -0.1) is 0 Å². The van der Waals surface area contributed by atoms with Crippen molar-refractivity contribution in [1.82, 2.24) is 0 Å². The minimum atomic E-state index is 0.416. The van der Waals surface area contributed by atoms with Gasteiger partial charge >= 0.3 is 0 Å². The minimum Gasteiger partial charge on any atom is -0.497 e. The predicted molar refractivity (Wildman–Crippen MR) is 62.2 cm³/mol. The van der Waals surface area contributed by atoms with E-state index in [9.17, 15) is 0 Å². The Balaban J connectivity index is 2.15. The Morgan fingerprint density at radius 3 is 2.60 bits per heavy atom. The smallest absolute Gasteiger partial charge is 0.119 e. The molecule has 1 saturated carbocycles. The zero-order valence-electron chi connectivity index (χ0n) is 9.55. The van der Waals surface area contributed by atoms with E-state index >= 15 is 0 Å². The second kappa shape index (κ2) is 3.86. The van der Waals surface area contributed by atoms with Crippen LogP contribution in [0.15, 0.2) is 18.2 Å². The second-order valence-corrected chi connectivity index (χ2v) is 4.67. The lowest BCUT2D eigenvalue weighted by molar-refractivity contribution is 0.414. The van der Waals surface area contributed by atoms with Crippen LogP contribution in [0.1, 0.15) is 24.0 Å². The van der Waals surface area contributed by atoms with Gasteiger partial charge in [0.15, 0.2) is 0 Å². The summed E-state index contributed by atoms with van der Waals surface area (Å²) < 4.78 is 5.20. The SMILES string of the molecule is COc1ccc(CC2(CN)CC2)c(C)c1. The largest absolute Gasteiger partial charge is 0.497 e. The van der Waals surface area contributed by atoms with E-state index in [-0.39, 0.29) is 0 Å². The highest BCUT2D eigenvalue weighted by Gasteiger charge is 2.41. The second-order valence-electron chi connectivity index (χ2n) is 4.67. The molecule has 0 bridgehead atoms. The molecule has 1 aromatic rings. The minimum absolute atomic E-state index is 0.416. The maximum atomic E-state index is 5.80. The molecule has 2 heteroatoms. The monoisotopic (exact) mass is 205 g/mol. The first-order valence-corrected chi connectivity index (χ1v) is 5.53. The number of nitrogens with two attached hydrogens (primary N) is 1. The van der Waals surface area contributed by atoms with Gasteiger partial charge in [-0.1, -0.05) is 6.07 Å². The van der Waals surface area contributed by atoms with E-state index in [1.165, 1.54) is 24.0 Å². The number of benzene rings is 1. The Morgan fingerprint density at radius 2 is 2.13 bits per heavy atom. The Hall–Kier alpha value is -1.02. The van der Waals surface area contributed by atoms with Crippen molar-refractivity contribution in [3.05, 3.63) is 29.3 Å². The number of hydrogen-bond acceptors (Lipinski definition) is 2. The van der Waals surface area contributed by atoms with Crippen molar-refractivity contribution in [3.8, 4) is 5.75 Å². The maximum Gasteiger partial charge on any atom is 0.119 e. The highest BCUT2D eigenvalue weighted by atomic mass is 16.5. The van der Waals surface area contributed by atoms with Crippen molar-refractivity contribution in [2.45, 2.75) is 26.2 Å². The van der Waals surface area contributed by atoms with Crippen LogP contribution in [0.2, 0.25) is 0 Å². The standard InChI is InChI=1S/C13H19NO/c1-10-7-12(15-2)4-3-11(10)8-13(9-14)5-6-13/h3-4,7H,5-6,8-9,14H2,1-2H3. The molecule has 1 fully saturated rings. The molecule has 0 aromatic heterocycles. The van der Waals surface area contributed by atoms with Crippen molar-refractivity contribution in [2.24, 2.45) is 11.1 Å². The summed E-state index contributed by atoms with van der Waals surface area (Å²) in [5.41, 5.74) is 8.94. The van der Waals surface area contributed by atoms with E-state index in [2.05, 4.69) is 19.1 Å². The highest BCUT2D eigenvalue weighted by molar-refractivity contribution is 5.36. The van der Waals surface area contributed by atoms with Crippen LogP contribution in [0.4, 0.5) is 0 Å². The summed E-state index contributed by atoms with van der Waals surface area (Å²) in [7, 11) is 1.71. The third kappa shape index (κ3) is 2.15. The van der Waals surface area contributed by atoms with Gasteiger partial charge in [-0.25, -0.2) is 0 Å². The molecule has 0 aliphatic heterocycles. The molecule has 0 radical (unpaired) electrons. The van der Waals surface area contributed by atoms with Crippen molar-refractivity contribution >= 4 is 0 Å². The summed E-state index contributed by atoms with van der Waals surface area (Å²) in [6.45, 7) is 2.96. The molecule has 2 rings (SSSR count). The molecule has 1 aliphatic carbocycles. The summed E-state index contributed by atoms with van der Waals surface area (Å²) in [5, 5.41) is 0. The fraction of sp³-hybridized carbons (Fsp3) is 0.538. The molecule has 2 N–H and O–H groups in total. The third-order valence-electron chi connectivity index (χ3n) is 3.51. The van der Waals surface area contributed by atoms with Crippen LogP contribution in [0.3, 0.4) is 0 Å². The summed E-state index contributed by atoms with van der Waals surface area (Å²) >= 11 is 0. The van der Waals surface area contributed by atoms with Gasteiger partial charge in [-0.3, -0.25) is 0 Å². The van der Waals surface area contributed by atoms with E-state index in [0.717, 1.165) is 18.7 Å². The fourth-order valence-electron chi connectivity index (χ4n) is 2.03. The molecule has 15 heavy (non-hydrogen) atoms. The van der Waals surface area contributed by atoms with E-state index in [0.29, 0.717) is 5.41 Å². The maximum absolute atomic E-state index is 5.80. The van der Waals surface area contributed by atoms with E-state index < -0.39 is 0 Å². The normalized spacial score (nSPS) is 17.5. The topological polar surface area (TPSA) is 35.2 Å². The van der Waals surface area contributed by atoms with Gasteiger partial charge in [-0.05, 0) is 61.4 Å². The van der Waals surface area contributed by atoms with Crippen LogP contribution in [-0.2, 0) is 6.42 Å². The molecule has 0 spiro atoms. The quantitative estimate of drug-likeness (QED) is 0.818. The zero-order chi connectivity index (χ0) is 10.9. The molecule has 0 amide bonds. The highest BCUT2D eigenvalue weighted by Crippen LogP contribution is 2.47. The van der Waals surface area contributed by atoms with Gasteiger partial charge in [-0.2, -0.15) is 0 Å². The number of methoxy groups -OCH3 is 1. The van der Waals surface area contributed by atoms with E-state index in [1.54, 1.807) is 7.11 Å². The molecule has 0 heterocycles. The van der Waals surface area contributed by atoms with Gasteiger partial charge in [0, 0.05) is 0 Å². The van der Waals surface area contributed by atoms with Crippen LogP contribution >= 0.6 is 0 Å². The van der Waals surface area contributed by atoms with Crippen LogP contribution in [0.25, 0.3) is 0 Å². The Morgan fingerprint density at radius 1 is 1.40 bits per heavy atom. The molecule has 0 unspecified atom stereocenters. The first kappa shape index (κ1) is 10.5. The molecular formula is C13H19NO. The molecule has 1 aliphatic rings. The number of aryl methyl sites for hydroxylation is 1. The van der Waals surface area contributed by atoms with Crippen molar-refractivity contribution in [3.63, 3.8) is 0 Å². The molecule has 0 atom stereocenters. The Kier molecular flexibility index (Phi) is 2.70. The van der Waals surface area contributed by atoms with Gasteiger partial charge in [0.1, 0.15) is 5.75 Å². The summed E-state index contributed by atoms with van der Waals surface area (Å²) in [6.07, 6.45) is 3.70. The molecule has 0 saturated heterocycles. The van der Waals surface area contributed by atoms with Gasteiger partial charge in [0.25, 0.3) is 0 Å². The molecule has 82 valence electrons. The summed E-state index contributed by atoms with van der Waals surface area (Å²) in [5.74, 6) is 0.939. The summed E-state index contributed by atoms with van der Waals surface area (Å²) in [6, 6.07) is 6.31. The molecular weight excluding hydrogens is 186 g/mol. The number of hydrogen-bond donors (Lipinski definition) is 1. The van der Waals surface area contributed by atoms with Gasteiger partial charge in [0.2, 0.25) is 0 Å². The van der Waals surface area contributed by atoms with Crippen LogP contribution in [0, 0.1) is 12.3 Å². The van der Waals surface area contributed by atoms with E-state index in [1.807, 2.05) is 6.07 Å². The Labute approximate surface area is 91.4 Å². The average molecular weight is 205 g/mol. The van der Waals surface area contributed by atoms with E-state index in [4.69, 9.17) is 10.5 Å². The third-order valence-corrected chi connectivity index (χ3v) is 3.51. The predicted octanol–water partition coefficient (Wildman–Crippen LogP) is 2.29. The van der Waals surface area contributed by atoms with Crippen LogP contribution in [-0.4, -0.2) is 13.7 Å². The lowest BCUT2D eigenvalue weighted by Crippen LogP contribution is -2.18. The van der Waals surface area contributed by atoms with Crippen molar-refractivity contribution < 1.29 is 4.74 Å². The molecule has 1 aromatic carbocycles. The Bertz CT molecular complexity index is 356. The van der Waals surface area contributed by atoms with Gasteiger partial charge < -0.3 is 10.5 Å². The lowest BCUT2D eigenvalue weighted by atomic mass is 9.94. The van der Waals surface area contributed by atoms with Crippen LogP contribution in [0.5, 0.6) is 5.75 Å². The molecule has 2 nitrogen and oxygen atoms in total. The van der Waals surface area contributed by atoms with Crippen LogP contribution < -0.4 is 10.5 Å².